The fourth-order valence-corrected chi connectivity index (χ4v) is 9.42. The second kappa shape index (κ2) is 14.1. The molecule has 3 heterocycles. The van der Waals surface area contributed by atoms with Crippen LogP contribution in [0, 0.1) is 24.6 Å². The molecule has 0 spiro atoms. The lowest BCUT2D eigenvalue weighted by Crippen LogP contribution is -2.55. The third-order valence-electron chi connectivity index (χ3n) is 11.2. The van der Waals surface area contributed by atoms with Gasteiger partial charge in [-0.1, -0.05) is 42.8 Å². The molecular weight excluding hydrogens is 617 g/mol. The number of piperidine rings is 1. The van der Waals surface area contributed by atoms with E-state index in [1.54, 1.807) is 6.07 Å². The zero-order valence-electron chi connectivity index (χ0n) is 27.8. The van der Waals surface area contributed by atoms with Crippen molar-refractivity contribution in [1.29, 1.82) is 0 Å². The number of amides is 1. The van der Waals surface area contributed by atoms with Gasteiger partial charge in [-0.2, -0.15) is 0 Å². The Morgan fingerprint density at radius 2 is 1.83 bits per heavy atom. The molecule has 1 amide bonds. The Labute approximate surface area is 278 Å². The number of nitrogens with zero attached hydrogens (tertiary/aromatic N) is 4. The van der Waals surface area contributed by atoms with Gasteiger partial charge in [0.2, 0.25) is 10.0 Å². The van der Waals surface area contributed by atoms with Crippen LogP contribution in [0.3, 0.4) is 0 Å². The molecule has 3 aliphatic rings. The van der Waals surface area contributed by atoms with Gasteiger partial charge in [0.15, 0.2) is 0 Å². The van der Waals surface area contributed by atoms with E-state index in [4.69, 9.17) is 4.74 Å². The molecule has 2 aliphatic heterocycles. The van der Waals surface area contributed by atoms with Crippen molar-refractivity contribution in [3.05, 3.63) is 89.3 Å². The molecule has 6 rings (SSSR count). The van der Waals surface area contributed by atoms with Gasteiger partial charge in [0.05, 0.1) is 13.4 Å². The lowest BCUT2D eigenvalue weighted by molar-refractivity contribution is 0.0612. The zero-order valence-corrected chi connectivity index (χ0v) is 28.6. The molecule has 1 aliphatic carbocycles. The molecule has 0 radical (unpaired) electrons. The average molecular weight is 666 g/mol. The first-order chi connectivity index (χ1) is 22.6. The fraction of sp³-hybridized carbons (Fsp3) is 0.556. The van der Waals surface area contributed by atoms with Crippen LogP contribution in [0.4, 0.5) is 9.18 Å². The number of sulfonamides is 1. The molecule has 3 atom stereocenters. The lowest BCUT2D eigenvalue weighted by Gasteiger charge is -2.51. The van der Waals surface area contributed by atoms with Crippen LogP contribution in [0.5, 0.6) is 0 Å². The number of hydrogen-bond acceptors (Lipinski definition) is 6. The Morgan fingerprint density at radius 1 is 1.09 bits per heavy atom. The Morgan fingerprint density at radius 3 is 2.47 bits per heavy atom. The minimum Gasteiger partial charge on any atom is -0.453 e. The summed E-state index contributed by atoms with van der Waals surface area (Å²) in [6.45, 7) is 6.67. The number of carbonyl (C=O) groups excluding carboxylic acids is 1. The van der Waals surface area contributed by atoms with Crippen LogP contribution in [0.2, 0.25) is 0 Å². The molecule has 1 aromatic heterocycles. The molecule has 9 nitrogen and oxygen atoms in total. The SMILES string of the molecule is COC(=O)N[C@H]1CCC[C@@H]1[C@](Cn1ccnc1C)(c1cccc(F)c1)C1CCN(CCc2ccc(C3CN(S(C)(=O)=O)C3)cc2)CC1. The van der Waals surface area contributed by atoms with E-state index in [1.165, 1.54) is 34.9 Å². The highest BCUT2D eigenvalue weighted by Crippen LogP contribution is 2.51. The number of methoxy groups -OCH3 is 1. The van der Waals surface area contributed by atoms with Crippen molar-refractivity contribution in [2.45, 2.75) is 69.4 Å². The van der Waals surface area contributed by atoms with Gasteiger partial charge in [-0.25, -0.2) is 26.9 Å². The topological polar surface area (TPSA) is 96.8 Å². The van der Waals surface area contributed by atoms with E-state index < -0.39 is 21.5 Å². The smallest absolute Gasteiger partial charge is 0.407 e. The standard InChI is InChI=1S/C36H48FN5O4S/c1-26-38-17-21-41(26)25-36(31-6-4-7-32(37)22-31,33-8-5-9-34(33)39-35(43)46-2)30-15-19-40(20-16-30)18-14-27-10-12-28(13-11-27)29-23-42(24-29)47(3,44)45/h4,6-7,10-13,17,21-22,29-30,33-34H,5,8-9,14-16,18-20,23-25H2,1-3H3,(H,39,43)/t33-,34-,36-/m0/s1. The summed E-state index contributed by atoms with van der Waals surface area (Å²) in [7, 11) is -1.71. The van der Waals surface area contributed by atoms with Gasteiger partial charge >= 0.3 is 6.09 Å². The summed E-state index contributed by atoms with van der Waals surface area (Å²) >= 11 is 0. The van der Waals surface area contributed by atoms with Crippen LogP contribution < -0.4 is 5.32 Å². The molecule has 0 unspecified atom stereocenters. The maximum absolute atomic E-state index is 15.0. The molecule has 1 N–H and O–H groups in total. The lowest BCUT2D eigenvalue weighted by atomic mass is 9.58. The minimum absolute atomic E-state index is 0.0649. The van der Waals surface area contributed by atoms with Crippen LogP contribution in [0.25, 0.3) is 0 Å². The van der Waals surface area contributed by atoms with Gasteiger partial charge in [-0.3, -0.25) is 0 Å². The number of imidazole rings is 1. The van der Waals surface area contributed by atoms with Crippen molar-refractivity contribution in [3.8, 4) is 0 Å². The molecule has 2 saturated heterocycles. The summed E-state index contributed by atoms with van der Waals surface area (Å²) in [5.41, 5.74) is 3.07. The van der Waals surface area contributed by atoms with E-state index >= 15 is 4.39 Å². The van der Waals surface area contributed by atoms with Crippen LogP contribution in [0.1, 0.15) is 60.5 Å². The highest BCUT2D eigenvalue weighted by molar-refractivity contribution is 7.88. The first-order valence-corrected chi connectivity index (χ1v) is 18.8. The van der Waals surface area contributed by atoms with Crippen LogP contribution in [0.15, 0.2) is 60.9 Å². The molecule has 11 heteroatoms. The second-order valence-electron chi connectivity index (χ2n) is 13.8. The highest BCUT2D eigenvalue weighted by Gasteiger charge is 2.52. The first-order valence-electron chi connectivity index (χ1n) is 16.9. The summed E-state index contributed by atoms with van der Waals surface area (Å²) in [5.74, 6) is 1.35. The molecule has 2 aromatic carbocycles. The van der Waals surface area contributed by atoms with Crippen molar-refractivity contribution in [1.82, 2.24) is 24.1 Å². The van der Waals surface area contributed by atoms with E-state index in [1.807, 2.05) is 25.4 Å². The summed E-state index contributed by atoms with van der Waals surface area (Å²) in [4.78, 5) is 19.6. The average Bonchev–Trinajstić information content (AvgIpc) is 3.66. The number of hydrogen-bond donors (Lipinski definition) is 1. The largest absolute Gasteiger partial charge is 0.453 e. The molecule has 254 valence electrons. The van der Waals surface area contributed by atoms with E-state index in [2.05, 4.69) is 50.1 Å². The maximum Gasteiger partial charge on any atom is 0.407 e. The number of nitrogens with one attached hydrogen (secondary N) is 1. The predicted molar refractivity (Wildman–Crippen MR) is 180 cm³/mol. The molecule has 0 bridgehead atoms. The van der Waals surface area contributed by atoms with Gasteiger partial charge < -0.3 is 19.5 Å². The van der Waals surface area contributed by atoms with E-state index in [0.717, 1.165) is 69.5 Å². The van der Waals surface area contributed by atoms with Gasteiger partial charge in [0.25, 0.3) is 0 Å². The van der Waals surface area contributed by atoms with Crippen molar-refractivity contribution >= 4 is 16.1 Å². The number of rotatable bonds is 11. The van der Waals surface area contributed by atoms with Crippen LogP contribution in [-0.2, 0) is 33.1 Å². The van der Waals surface area contributed by atoms with E-state index in [-0.39, 0.29) is 29.6 Å². The first kappa shape index (κ1) is 33.6. The van der Waals surface area contributed by atoms with Crippen molar-refractivity contribution in [3.63, 3.8) is 0 Å². The van der Waals surface area contributed by atoms with Crippen molar-refractivity contribution < 1.29 is 22.3 Å². The quantitative estimate of drug-likeness (QED) is 0.306. The summed E-state index contributed by atoms with van der Waals surface area (Å²) in [5, 5.41) is 3.16. The van der Waals surface area contributed by atoms with Gasteiger partial charge in [0.1, 0.15) is 11.6 Å². The summed E-state index contributed by atoms with van der Waals surface area (Å²) < 4.78 is 47.3. The highest BCUT2D eigenvalue weighted by atomic mass is 32.2. The summed E-state index contributed by atoms with van der Waals surface area (Å²) in [6.07, 6.45) is 10.4. The molecule has 3 fully saturated rings. The Kier molecular flexibility index (Phi) is 10.1. The van der Waals surface area contributed by atoms with Gasteiger partial charge in [-0.05, 0) is 92.8 Å². The molecule has 3 aromatic rings. The number of alkyl carbamates (subject to hydrolysis) is 1. The van der Waals surface area contributed by atoms with Crippen LogP contribution >= 0.6 is 0 Å². The molecule has 1 saturated carbocycles. The summed E-state index contributed by atoms with van der Waals surface area (Å²) in [6, 6.07) is 15.7. The fourth-order valence-electron chi connectivity index (χ4n) is 8.52. The number of benzene rings is 2. The van der Waals surface area contributed by atoms with Crippen LogP contribution in [-0.4, -0.2) is 85.4 Å². The van der Waals surface area contributed by atoms with E-state index in [0.29, 0.717) is 19.6 Å². The monoisotopic (exact) mass is 665 g/mol. The molecular formula is C36H48FN5O4S. The predicted octanol–water partition coefficient (Wildman–Crippen LogP) is 5.11. The Hall–Kier alpha value is -3.28. The van der Waals surface area contributed by atoms with E-state index in [9.17, 15) is 13.2 Å². The normalized spacial score (nSPS) is 22.9. The Bertz CT molecular complexity index is 1630. The number of aryl methyl sites for hydroxylation is 1. The third-order valence-corrected chi connectivity index (χ3v) is 12.4. The minimum atomic E-state index is -3.11. The number of halogens is 1. The number of ether oxygens (including phenoxy) is 1. The molecule has 47 heavy (non-hydrogen) atoms. The zero-order chi connectivity index (χ0) is 33.2. The Balaban J connectivity index is 1.18. The number of likely N-dealkylation sites (tertiary alicyclic amines) is 1. The van der Waals surface area contributed by atoms with Gasteiger partial charge in [-0.15, -0.1) is 0 Å². The third kappa shape index (κ3) is 7.27. The van der Waals surface area contributed by atoms with Crippen molar-refractivity contribution in [2.24, 2.45) is 11.8 Å². The second-order valence-corrected chi connectivity index (χ2v) is 15.8. The van der Waals surface area contributed by atoms with Gasteiger partial charge in [0, 0.05) is 55.9 Å². The maximum atomic E-state index is 15.0. The number of aromatic nitrogens is 2. The number of carbonyl (C=O) groups is 1. The van der Waals surface area contributed by atoms with Crippen molar-refractivity contribution in [2.75, 3.05) is 46.1 Å².